The SMILES string of the molecule is O=C(Nc1cccc(F)c1)N1CCCC(c2nc3ccccc3[nH]2)C1. The number of hydrogen-bond donors (Lipinski definition) is 2. The maximum atomic E-state index is 13.3. The van der Waals surface area contributed by atoms with Gasteiger partial charge in [0, 0.05) is 24.7 Å². The molecule has 0 aliphatic carbocycles. The Morgan fingerprint density at radius 3 is 2.96 bits per heavy atom. The highest BCUT2D eigenvalue weighted by molar-refractivity contribution is 5.89. The third kappa shape index (κ3) is 3.33. The molecule has 2 N–H and O–H groups in total. The summed E-state index contributed by atoms with van der Waals surface area (Å²) in [4.78, 5) is 22.3. The second-order valence-electron chi connectivity index (χ2n) is 6.36. The van der Waals surface area contributed by atoms with Gasteiger partial charge in [-0.15, -0.1) is 0 Å². The number of carbonyl (C=O) groups excluding carboxylic acids is 1. The lowest BCUT2D eigenvalue weighted by Crippen LogP contribution is -2.41. The van der Waals surface area contributed by atoms with Gasteiger partial charge in [0.1, 0.15) is 11.6 Å². The van der Waals surface area contributed by atoms with Crippen LogP contribution < -0.4 is 5.32 Å². The molecule has 0 bridgehead atoms. The number of anilines is 1. The van der Waals surface area contributed by atoms with Crippen LogP contribution in [-0.2, 0) is 0 Å². The lowest BCUT2D eigenvalue weighted by atomic mass is 9.97. The van der Waals surface area contributed by atoms with Gasteiger partial charge in [-0.25, -0.2) is 14.2 Å². The van der Waals surface area contributed by atoms with Gasteiger partial charge in [0.05, 0.1) is 11.0 Å². The number of imidazole rings is 1. The van der Waals surface area contributed by atoms with Crippen molar-refractivity contribution in [3.63, 3.8) is 0 Å². The van der Waals surface area contributed by atoms with E-state index in [4.69, 9.17) is 0 Å². The number of H-pyrrole nitrogens is 1. The molecule has 2 amide bonds. The van der Waals surface area contributed by atoms with Crippen molar-refractivity contribution >= 4 is 22.8 Å². The number of urea groups is 1. The summed E-state index contributed by atoms with van der Waals surface area (Å²) >= 11 is 0. The summed E-state index contributed by atoms with van der Waals surface area (Å²) in [6.45, 7) is 1.29. The van der Waals surface area contributed by atoms with Gasteiger partial charge < -0.3 is 15.2 Å². The van der Waals surface area contributed by atoms with E-state index < -0.39 is 0 Å². The smallest absolute Gasteiger partial charge is 0.321 e. The number of likely N-dealkylation sites (tertiary alicyclic amines) is 1. The molecule has 0 radical (unpaired) electrons. The molecule has 1 aliphatic heterocycles. The molecular weight excluding hydrogens is 319 g/mol. The quantitative estimate of drug-likeness (QED) is 0.738. The Morgan fingerprint density at radius 2 is 2.12 bits per heavy atom. The fraction of sp³-hybridized carbons (Fsp3) is 0.263. The number of halogens is 1. The van der Waals surface area contributed by atoms with E-state index >= 15 is 0 Å². The number of nitrogens with zero attached hydrogens (tertiary/aromatic N) is 2. The van der Waals surface area contributed by atoms with Gasteiger partial charge in [-0.3, -0.25) is 0 Å². The molecule has 2 heterocycles. The first kappa shape index (κ1) is 15.6. The molecule has 5 nitrogen and oxygen atoms in total. The Kier molecular flexibility index (Phi) is 4.09. The molecule has 128 valence electrons. The number of aromatic nitrogens is 2. The molecule has 0 spiro atoms. The van der Waals surface area contributed by atoms with Gasteiger partial charge in [-0.2, -0.15) is 0 Å². The molecule has 1 fully saturated rings. The summed E-state index contributed by atoms with van der Waals surface area (Å²) < 4.78 is 13.3. The molecule has 1 saturated heterocycles. The van der Waals surface area contributed by atoms with E-state index in [9.17, 15) is 9.18 Å². The van der Waals surface area contributed by atoms with Gasteiger partial charge in [-0.05, 0) is 43.2 Å². The molecule has 25 heavy (non-hydrogen) atoms. The summed E-state index contributed by atoms with van der Waals surface area (Å²) in [7, 11) is 0. The fourth-order valence-corrected chi connectivity index (χ4v) is 3.32. The number of amides is 2. The van der Waals surface area contributed by atoms with Crippen LogP contribution in [0.15, 0.2) is 48.5 Å². The van der Waals surface area contributed by atoms with Crippen molar-refractivity contribution in [1.82, 2.24) is 14.9 Å². The van der Waals surface area contributed by atoms with E-state index in [1.807, 2.05) is 24.3 Å². The first-order chi connectivity index (χ1) is 12.2. The fourth-order valence-electron chi connectivity index (χ4n) is 3.32. The van der Waals surface area contributed by atoms with E-state index in [0.717, 1.165) is 29.7 Å². The first-order valence-corrected chi connectivity index (χ1v) is 8.45. The molecule has 1 atom stereocenters. The third-order valence-electron chi connectivity index (χ3n) is 4.58. The van der Waals surface area contributed by atoms with Gasteiger partial charge in [0.15, 0.2) is 0 Å². The van der Waals surface area contributed by atoms with Gasteiger partial charge >= 0.3 is 6.03 Å². The van der Waals surface area contributed by atoms with Gasteiger partial charge in [0.2, 0.25) is 0 Å². The van der Waals surface area contributed by atoms with Gasteiger partial charge in [-0.1, -0.05) is 18.2 Å². The number of fused-ring (bicyclic) bond motifs is 1. The number of aromatic amines is 1. The molecule has 2 aromatic carbocycles. The molecule has 1 unspecified atom stereocenters. The van der Waals surface area contributed by atoms with Gasteiger partial charge in [0.25, 0.3) is 0 Å². The second kappa shape index (κ2) is 6.55. The molecule has 3 aromatic rings. The van der Waals surface area contributed by atoms with Crippen molar-refractivity contribution < 1.29 is 9.18 Å². The van der Waals surface area contributed by atoms with Crippen LogP contribution in [-0.4, -0.2) is 34.0 Å². The average molecular weight is 338 g/mol. The maximum Gasteiger partial charge on any atom is 0.321 e. The normalized spacial score (nSPS) is 17.6. The van der Waals surface area contributed by atoms with E-state index in [1.54, 1.807) is 17.0 Å². The van der Waals surface area contributed by atoms with E-state index in [0.29, 0.717) is 18.8 Å². The van der Waals surface area contributed by atoms with Crippen molar-refractivity contribution in [2.75, 3.05) is 18.4 Å². The number of para-hydroxylation sites is 2. The maximum absolute atomic E-state index is 13.3. The number of hydrogen-bond acceptors (Lipinski definition) is 2. The lowest BCUT2D eigenvalue weighted by molar-refractivity contribution is 0.191. The summed E-state index contributed by atoms with van der Waals surface area (Å²) in [5, 5.41) is 2.77. The lowest BCUT2D eigenvalue weighted by Gasteiger charge is -2.31. The van der Waals surface area contributed by atoms with Crippen LogP contribution in [0.25, 0.3) is 11.0 Å². The molecule has 0 saturated carbocycles. The minimum absolute atomic E-state index is 0.180. The summed E-state index contributed by atoms with van der Waals surface area (Å²) in [5.74, 6) is 0.737. The second-order valence-corrected chi connectivity index (χ2v) is 6.36. The van der Waals surface area contributed by atoms with Crippen molar-refractivity contribution in [2.24, 2.45) is 0 Å². The molecule has 4 rings (SSSR count). The van der Waals surface area contributed by atoms with Crippen LogP contribution in [0.5, 0.6) is 0 Å². The Morgan fingerprint density at radius 1 is 1.24 bits per heavy atom. The zero-order chi connectivity index (χ0) is 17.2. The standard InChI is InChI=1S/C19H19FN4O/c20-14-6-3-7-15(11-14)21-19(25)24-10-4-5-13(12-24)18-22-16-8-1-2-9-17(16)23-18/h1-3,6-9,11,13H,4-5,10,12H2,(H,21,25)(H,22,23). The van der Waals surface area contributed by atoms with Crippen molar-refractivity contribution in [3.05, 3.63) is 60.2 Å². The van der Waals surface area contributed by atoms with Crippen molar-refractivity contribution in [3.8, 4) is 0 Å². The van der Waals surface area contributed by atoms with Crippen LogP contribution in [0.2, 0.25) is 0 Å². The van der Waals surface area contributed by atoms with E-state index in [1.165, 1.54) is 12.1 Å². The van der Waals surface area contributed by atoms with Crippen molar-refractivity contribution in [1.29, 1.82) is 0 Å². The first-order valence-electron chi connectivity index (χ1n) is 8.45. The third-order valence-corrected chi connectivity index (χ3v) is 4.58. The zero-order valence-corrected chi connectivity index (χ0v) is 13.7. The summed E-state index contributed by atoms with van der Waals surface area (Å²) in [6.07, 6.45) is 1.90. The minimum atomic E-state index is -0.364. The molecule has 1 aliphatic rings. The van der Waals surface area contributed by atoms with Crippen LogP contribution in [0.1, 0.15) is 24.6 Å². The van der Waals surface area contributed by atoms with Crippen LogP contribution in [0.3, 0.4) is 0 Å². The zero-order valence-electron chi connectivity index (χ0n) is 13.7. The number of rotatable bonds is 2. The van der Waals surface area contributed by atoms with E-state index in [2.05, 4.69) is 15.3 Å². The topological polar surface area (TPSA) is 61.0 Å². The Hall–Kier alpha value is -2.89. The summed E-state index contributed by atoms with van der Waals surface area (Å²) in [6, 6.07) is 13.7. The minimum Gasteiger partial charge on any atom is -0.342 e. The highest BCUT2D eigenvalue weighted by Crippen LogP contribution is 2.27. The van der Waals surface area contributed by atoms with Crippen LogP contribution in [0, 0.1) is 5.82 Å². The number of carbonyl (C=O) groups is 1. The monoisotopic (exact) mass is 338 g/mol. The van der Waals surface area contributed by atoms with Crippen LogP contribution >= 0.6 is 0 Å². The Bertz CT molecular complexity index is 874. The molecule has 6 heteroatoms. The molecule has 1 aromatic heterocycles. The highest BCUT2D eigenvalue weighted by Gasteiger charge is 2.26. The predicted octanol–water partition coefficient (Wildman–Crippen LogP) is 4.11. The predicted molar refractivity (Wildman–Crippen MR) is 95.1 cm³/mol. The number of piperidine rings is 1. The number of nitrogens with one attached hydrogen (secondary N) is 2. The largest absolute Gasteiger partial charge is 0.342 e. The Balaban J connectivity index is 1.47. The van der Waals surface area contributed by atoms with E-state index in [-0.39, 0.29) is 17.8 Å². The van der Waals surface area contributed by atoms with Crippen molar-refractivity contribution in [2.45, 2.75) is 18.8 Å². The highest BCUT2D eigenvalue weighted by atomic mass is 19.1. The average Bonchev–Trinajstić information content (AvgIpc) is 3.06. The Labute approximate surface area is 144 Å². The van der Waals surface area contributed by atoms with Crippen LogP contribution in [0.4, 0.5) is 14.9 Å². The number of benzene rings is 2. The summed E-state index contributed by atoms with van der Waals surface area (Å²) in [5.41, 5.74) is 2.42. The molecular formula is C19H19FN4O.